The van der Waals surface area contributed by atoms with E-state index in [0.717, 1.165) is 24.2 Å². The van der Waals surface area contributed by atoms with Crippen LogP contribution in [0.1, 0.15) is 23.6 Å². The van der Waals surface area contributed by atoms with Gasteiger partial charge < -0.3 is 14.6 Å². The van der Waals surface area contributed by atoms with Crippen LogP contribution in [-0.4, -0.2) is 40.9 Å². The minimum Gasteiger partial charge on any atom is -0.392 e. The maximum Gasteiger partial charge on any atom is 0.103 e. The molecule has 31 heavy (non-hydrogen) atoms. The summed E-state index contributed by atoms with van der Waals surface area (Å²) in [6.45, 7) is 4.35. The van der Waals surface area contributed by atoms with Crippen molar-refractivity contribution >= 4 is 0 Å². The highest BCUT2D eigenvalue weighted by Gasteiger charge is 2.45. The zero-order valence-corrected chi connectivity index (χ0v) is 18.0. The van der Waals surface area contributed by atoms with Gasteiger partial charge >= 0.3 is 0 Å². The van der Waals surface area contributed by atoms with E-state index in [9.17, 15) is 5.11 Å². The first-order valence-corrected chi connectivity index (χ1v) is 11.0. The number of hydrogen-bond acceptors (Lipinski definition) is 4. The Labute approximate surface area is 185 Å². The fourth-order valence-corrected chi connectivity index (χ4v) is 4.35. The van der Waals surface area contributed by atoms with Gasteiger partial charge in [-0.1, -0.05) is 91.0 Å². The first-order valence-electron chi connectivity index (χ1n) is 11.0. The average Bonchev–Trinajstić information content (AvgIpc) is 3.15. The topological polar surface area (TPSA) is 41.9 Å². The molecule has 3 aromatic carbocycles. The molecule has 4 nitrogen and oxygen atoms in total. The van der Waals surface area contributed by atoms with Crippen LogP contribution in [0.5, 0.6) is 0 Å². The van der Waals surface area contributed by atoms with E-state index in [1.807, 2.05) is 49.4 Å². The van der Waals surface area contributed by atoms with Gasteiger partial charge in [-0.3, -0.25) is 4.90 Å². The molecule has 1 fully saturated rings. The van der Waals surface area contributed by atoms with E-state index in [-0.39, 0.29) is 18.2 Å². The van der Waals surface area contributed by atoms with Gasteiger partial charge in [-0.15, -0.1) is 0 Å². The molecule has 4 rings (SSSR count). The van der Waals surface area contributed by atoms with E-state index in [4.69, 9.17) is 9.47 Å². The van der Waals surface area contributed by atoms with Crippen LogP contribution < -0.4 is 0 Å². The van der Waals surface area contributed by atoms with Crippen LogP contribution in [0.25, 0.3) is 0 Å². The lowest BCUT2D eigenvalue weighted by Gasteiger charge is -2.30. The lowest BCUT2D eigenvalue weighted by atomic mass is 10.0. The molecule has 0 aliphatic carbocycles. The third-order valence-corrected chi connectivity index (χ3v) is 5.85. The third kappa shape index (κ3) is 5.81. The molecule has 1 saturated heterocycles. The van der Waals surface area contributed by atoms with E-state index >= 15 is 0 Å². The highest BCUT2D eigenvalue weighted by atomic mass is 16.5. The molecule has 0 bridgehead atoms. The third-order valence-electron chi connectivity index (χ3n) is 5.85. The summed E-state index contributed by atoms with van der Waals surface area (Å²) in [6.07, 6.45) is -0.866. The van der Waals surface area contributed by atoms with Gasteiger partial charge in [-0.25, -0.2) is 0 Å². The smallest absolute Gasteiger partial charge is 0.103 e. The molecule has 4 atom stereocenters. The van der Waals surface area contributed by atoms with Crippen LogP contribution in [0.15, 0.2) is 91.0 Å². The highest BCUT2D eigenvalue weighted by Crippen LogP contribution is 2.29. The van der Waals surface area contributed by atoms with Gasteiger partial charge in [0.15, 0.2) is 0 Å². The number of aliphatic hydroxyl groups is 1. The lowest BCUT2D eigenvalue weighted by Crippen LogP contribution is -2.45. The normalized spacial score (nSPS) is 22.5. The molecular weight excluding hydrogens is 386 g/mol. The Hall–Kier alpha value is -2.50. The molecule has 0 unspecified atom stereocenters. The number of aliphatic hydroxyl groups excluding tert-OH is 1. The molecule has 1 heterocycles. The predicted molar refractivity (Wildman–Crippen MR) is 122 cm³/mol. The number of likely N-dealkylation sites (tertiary alicyclic amines) is 1. The predicted octanol–water partition coefficient (Wildman–Crippen LogP) is 4.42. The monoisotopic (exact) mass is 417 g/mol. The maximum atomic E-state index is 10.7. The summed E-state index contributed by atoms with van der Waals surface area (Å²) < 4.78 is 12.8. The summed E-state index contributed by atoms with van der Waals surface area (Å²) >= 11 is 0. The largest absolute Gasteiger partial charge is 0.392 e. The molecular formula is C27H31NO3. The van der Waals surface area contributed by atoms with Crippen LogP contribution in [0.3, 0.4) is 0 Å². The Morgan fingerprint density at radius 2 is 1.26 bits per heavy atom. The van der Waals surface area contributed by atoms with Crippen molar-refractivity contribution in [2.75, 3.05) is 6.54 Å². The highest BCUT2D eigenvalue weighted by molar-refractivity contribution is 5.17. The molecule has 1 N–H and O–H groups in total. The summed E-state index contributed by atoms with van der Waals surface area (Å²) in [5.41, 5.74) is 3.48. The second-order valence-electron chi connectivity index (χ2n) is 8.24. The lowest BCUT2D eigenvalue weighted by molar-refractivity contribution is -0.0857. The minimum atomic E-state index is -0.533. The molecule has 1 aliphatic heterocycles. The van der Waals surface area contributed by atoms with E-state index in [0.29, 0.717) is 13.2 Å². The molecule has 0 radical (unpaired) electrons. The van der Waals surface area contributed by atoms with Crippen molar-refractivity contribution < 1.29 is 14.6 Å². The van der Waals surface area contributed by atoms with Gasteiger partial charge in [0.1, 0.15) is 6.10 Å². The zero-order chi connectivity index (χ0) is 21.5. The van der Waals surface area contributed by atoms with Crippen LogP contribution in [-0.2, 0) is 29.2 Å². The molecule has 0 amide bonds. The molecule has 3 aromatic rings. The Balaban J connectivity index is 1.51. The van der Waals surface area contributed by atoms with Crippen molar-refractivity contribution in [1.29, 1.82) is 0 Å². The standard InChI is InChI=1S/C27H31NO3/c1-21(29)26-27(31-20-24-15-9-4-10-16-24)25(30-19-23-13-7-3-8-14-23)18-28(26)17-22-11-5-2-6-12-22/h2-16,21,25-27,29H,17-20H2,1H3/t21-,25-,26-,27+/m1/s1. The summed E-state index contributed by atoms with van der Waals surface area (Å²) in [7, 11) is 0. The van der Waals surface area contributed by atoms with Crippen molar-refractivity contribution in [3.05, 3.63) is 108 Å². The van der Waals surface area contributed by atoms with Gasteiger partial charge in [0.05, 0.1) is 31.5 Å². The molecule has 1 aliphatic rings. The van der Waals surface area contributed by atoms with Crippen LogP contribution >= 0.6 is 0 Å². The van der Waals surface area contributed by atoms with Crippen LogP contribution in [0.2, 0.25) is 0 Å². The van der Waals surface area contributed by atoms with Crippen molar-refractivity contribution in [3.8, 4) is 0 Å². The van der Waals surface area contributed by atoms with Gasteiger partial charge in [0, 0.05) is 13.1 Å². The number of ether oxygens (including phenoxy) is 2. The zero-order valence-electron chi connectivity index (χ0n) is 18.0. The minimum absolute atomic E-state index is 0.118. The van der Waals surface area contributed by atoms with E-state index < -0.39 is 6.10 Å². The van der Waals surface area contributed by atoms with E-state index in [1.165, 1.54) is 5.56 Å². The molecule has 0 spiro atoms. The van der Waals surface area contributed by atoms with Gasteiger partial charge in [0.25, 0.3) is 0 Å². The second-order valence-corrected chi connectivity index (χ2v) is 8.24. The van der Waals surface area contributed by atoms with Crippen molar-refractivity contribution in [2.45, 2.75) is 51.0 Å². The average molecular weight is 418 g/mol. The van der Waals surface area contributed by atoms with Gasteiger partial charge in [-0.05, 0) is 23.6 Å². The molecule has 0 saturated carbocycles. The fraction of sp³-hybridized carbons (Fsp3) is 0.333. The molecule has 0 aromatic heterocycles. The maximum absolute atomic E-state index is 10.7. The molecule has 162 valence electrons. The SMILES string of the molecule is C[C@@H](O)[C@@H]1[C@@H](OCc2ccccc2)[C@H](OCc2ccccc2)CN1Cc1ccccc1. The van der Waals surface area contributed by atoms with Crippen molar-refractivity contribution in [1.82, 2.24) is 4.90 Å². The quantitative estimate of drug-likeness (QED) is 0.560. The number of benzene rings is 3. The van der Waals surface area contributed by atoms with Crippen molar-refractivity contribution in [2.24, 2.45) is 0 Å². The first-order chi connectivity index (χ1) is 15.2. The number of hydrogen-bond donors (Lipinski definition) is 1. The Kier molecular flexibility index (Phi) is 7.49. The summed E-state index contributed by atoms with van der Waals surface area (Å²) in [5, 5.41) is 10.7. The summed E-state index contributed by atoms with van der Waals surface area (Å²) in [4.78, 5) is 2.30. The van der Waals surface area contributed by atoms with Gasteiger partial charge in [0.2, 0.25) is 0 Å². The number of nitrogens with zero attached hydrogens (tertiary/aromatic N) is 1. The molecule has 4 heteroatoms. The van der Waals surface area contributed by atoms with Crippen LogP contribution in [0.4, 0.5) is 0 Å². The van der Waals surface area contributed by atoms with E-state index in [1.54, 1.807) is 0 Å². The first kappa shape index (κ1) is 21.7. The second kappa shape index (κ2) is 10.7. The Morgan fingerprint density at radius 1 is 0.774 bits per heavy atom. The number of rotatable bonds is 9. The fourth-order valence-electron chi connectivity index (χ4n) is 4.35. The van der Waals surface area contributed by atoms with E-state index in [2.05, 4.69) is 53.4 Å². The summed E-state index contributed by atoms with van der Waals surface area (Å²) in [6, 6.07) is 30.6. The Morgan fingerprint density at radius 3 is 1.77 bits per heavy atom. The van der Waals surface area contributed by atoms with Crippen LogP contribution in [0, 0.1) is 0 Å². The Bertz CT molecular complexity index is 902. The summed E-state index contributed by atoms with van der Waals surface area (Å²) in [5.74, 6) is 0. The van der Waals surface area contributed by atoms with Crippen molar-refractivity contribution in [3.63, 3.8) is 0 Å². The van der Waals surface area contributed by atoms with Gasteiger partial charge in [-0.2, -0.15) is 0 Å².